The lowest BCUT2D eigenvalue weighted by atomic mass is 10.1. The summed E-state index contributed by atoms with van der Waals surface area (Å²) in [6.07, 6.45) is 0. The van der Waals surface area contributed by atoms with E-state index < -0.39 is 10.1 Å². The largest absolute Gasteiger partial charge is 0.379 e. The zero-order valence-corrected chi connectivity index (χ0v) is 12.2. The third-order valence-corrected chi connectivity index (χ3v) is 4.46. The molecule has 0 aliphatic carbocycles. The van der Waals surface area contributed by atoms with Crippen molar-refractivity contribution in [2.24, 2.45) is 0 Å². The van der Waals surface area contributed by atoms with Crippen molar-refractivity contribution in [2.75, 3.05) is 0 Å². The molecule has 22 heavy (non-hydrogen) atoms. The van der Waals surface area contributed by atoms with E-state index in [2.05, 4.69) is 0 Å². The van der Waals surface area contributed by atoms with Crippen LogP contribution in [0, 0.1) is 11.3 Å². The molecule has 0 spiro atoms. The van der Waals surface area contributed by atoms with Crippen LogP contribution in [0.5, 0.6) is 5.75 Å². The van der Waals surface area contributed by atoms with Gasteiger partial charge in [0.25, 0.3) is 0 Å². The Hall–Kier alpha value is -2.84. The molecule has 0 bridgehead atoms. The minimum absolute atomic E-state index is 0.0136. The molecule has 108 valence electrons. The monoisotopic (exact) mass is 309 g/mol. The lowest BCUT2D eigenvalue weighted by Gasteiger charge is -2.08. The Balaban J connectivity index is 1.93. The highest BCUT2D eigenvalue weighted by molar-refractivity contribution is 7.87. The molecule has 0 saturated heterocycles. The molecular weight excluding hydrogens is 298 g/mol. The van der Waals surface area contributed by atoms with Gasteiger partial charge in [-0.25, -0.2) is 0 Å². The van der Waals surface area contributed by atoms with E-state index in [1.54, 1.807) is 18.2 Å². The van der Waals surface area contributed by atoms with Crippen molar-refractivity contribution in [2.45, 2.75) is 4.90 Å². The Morgan fingerprint density at radius 1 is 0.864 bits per heavy atom. The second-order valence-electron chi connectivity index (χ2n) is 4.68. The predicted octanol–water partition coefficient (Wildman–Crippen LogP) is 3.48. The van der Waals surface area contributed by atoms with Gasteiger partial charge in [-0.1, -0.05) is 30.3 Å². The quantitative estimate of drug-likeness (QED) is 0.695. The van der Waals surface area contributed by atoms with Gasteiger partial charge in [-0.15, -0.1) is 0 Å². The number of rotatable bonds is 3. The first kappa shape index (κ1) is 14.1. The predicted molar refractivity (Wildman–Crippen MR) is 82.9 cm³/mol. The summed E-state index contributed by atoms with van der Waals surface area (Å²) < 4.78 is 29.6. The summed E-state index contributed by atoms with van der Waals surface area (Å²) in [5.41, 5.74) is 0.393. The highest BCUT2D eigenvalue weighted by Crippen LogP contribution is 2.24. The molecule has 0 heterocycles. The zero-order chi connectivity index (χ0) is 15.6. The summed E-state index contributed by atoms with van der Waals surface area (Å²) in [6, 6.07) is 20.2. The lowest BCUT2D eigenvalue weighted by molar-refractivity contribution is 0.486. The van der Waals surface area contributed by atoms with Crippen molar-refractivity contribution in [3.05, 3.63) is 72.3 Å². The van der Waals surface area contributed by atoms with Crippen LogP contribution in [0.4, 0.5) is 0 Å². The third-order valence-electron chi connectivity index (χ3n) is 3.20. The van der Waals surface area contributed by atoms with E-state index in [0.29, 0.717) is 5.56 Å². The maximum Gasteiger partial charge on any atom is 0.339 e. The molecule has 0 radical (unpaired) electrons. The average molecular weight is 309 g/mol. The minimum Gasteiger partial charge on any atom is -0.379 e. The number of nitriles is 1. The highest BCUT2D eigenvalue weighted by Gasteiger charge is 2.16. The minimum atomic E-state index is -3.92. The van der Waals surface area contributed by atoms with Crippen LogP contribution in [0.2, 0.25) is 0 Å². The Morgan fingerprint density at radius 2 is 1.55 bits per heavy atom. The van der Waals surface area contributed by atoms with Crippen molar-refractivity contribution in [3.8, 4) is 11.8 Å². The first-order valence-electron chi connectivity index (χ1n) is 6.52. The molecule has 3 aromatic rings. The Labute approximate surface area is 128 Å². The zero-order valence-electron chi connectivity index (χ0n) is 11.4. The summed E-state index contributed by atoms with van der Waals surface area (Å²) in [4.78, 5) is 0.0136. The molecule has 0 fully saturated rings. The first-order valence-corrected chi connectivity index (χ1v) is 7.93. The van der Waals surface area contributed by atoms with Crippen molar-refractivity contribution in [3.63, 3.8) is 0 Å². The fraction of sp³-hybridized carbons (Fsp3) is 0. The molecule has 3 rings (SSSR count). The van der Waals surface area contributed by atoms with E-state index in [-0.39, 0.29) is 10.6 Å². The maximum atomic E-state index is 12.2. The van der Waals surface area contributed by atoms with Crippen molar-refractivity contribution < 1.29 is 12.6 Å². The van der Waals surface area contributed by atoms with E-state index in [0.717, 1.165) is 10.8 Å². The lowest BCUT2D eigenvalue weighted by Crippen LogP contribution is -2.09. The number of fused-ring (bicyclic) bond motifs is 1. The molecule has 4 nitrogen and oxygen atoms in total. The summed E-state index contributed by atoms with van der Waals surface area (Å²) in [6.45, 7) is 0. The van der Waals surface area contributed by atoms with Crippen molar-refractivity contribution >= 4 is 20.9 Å². The molecule has 0 atom stereocenters. The van der Waals surface area contributed by atoms with E-state index >= 15 is 0 Å². The normalized spacial score (nSPS) is 11.0. The van der Waals surface area contributed by atoms with Crippen LogP contribution in [0.15, 0.2) is 71.6 Å². The fourth-order valence-electron chi connectivity index (χ4n) is 2.09. The van der Waals surface area contributed by atoms with Crippen molar-refractivity contribution in [1.29, 1.82) is 5.26 Å². The summed E-state index contributed by atoms with van der Waals surface area (Å²) in [5, 5.41) is 10.6. The average Bonchev–Trinajstić information content (AvgIpc) is 2.54. The van der Waals surface area contributed by atoms with Crippen LogP contribution in [0.3, 0.4) is 0 Å². The van der Waals surface area contributed by atoms with Crippen LogP contribution >= 0.6 is 0 Å². The third kappa shape index (κ3) is 2.78. The Morgan fingerprint density at radius 3 is 2.23 bits per heavy atom. The van der Waals surface area contributed by atoms with Gasteiger partial charge in [0.05, 0.1) is 11.6 Å². The van der Waals surface area contributed by atoms with Crippen LogP contribution in [0.25, 0.3) is 10.8 Å². The van der Waals surface area contributed by atoms with Gasteiger partial charge in [-0.05, 0) is 47.2 Å². The standard InChI is InChI=1S/C17H11NO3S/c18-12-13-5-9-17(10-6-13)22(19,20)21-16-8-7-14-3-1-2-4-15(14)11-16/h1-11H. The molecule has 3 aromatic carbocycles. The van der Waals surface area contributed by atoms with E-state index in [1.165, 1.54) is 24.3 Å². The van der Waals surface area contributed by atoms with Gasteiger partial charge in [-0.3, -0.25) is 0 Å². The number of benzene rings is 3. The SMILES string of the molecule is N#Cc1ccc(S(=O)(=O)Oc2ccc3ccccc3c2)cc1. The van der Waals surface area contributed by atoms with Gasteiger partial charge in [0.2, 0.25) is 0 Å². The molecular formula is C17H11NO3S. The molecule has 0 aromatic heterocycles. The molecule has 5 heteroatoms. The summed E-state index contributed by atoms with van der Waals surface area (Å²) in [7, 11) is -3.92. The van der Waals surface area contributed by atoms with Crippen LogP contribution in [0.1, 0.15) is 5.56 Å². The van der Waals surface area contributed by atoms with Crippen LogP contribution < -0.4 is 4.18 Å². The maximum absolute atomic E-state index is 12.2. The molecule has 0 unspecified atom stereocenters. The molecule has 0 aliphatic heterocycles. The van der Waals surface area contributed by atoms with Gasteiger partial charge in [0.1, 0.15) is 10.6 Å². The highest BCUT2D eigenvalue weighted by atomic mass is 32.2. The fourth-order valence-corrected chi connectivity index (χ4v) is 3.01. The second kappa shape index (κ2) is 5.51. The van der Waals surface area contributed by atoms with Gasteiger partial charge in [-0.2, -0.15) is 13.7 Å². The second-order valence-corrected chi connectivity index (χ2v) is 6.23. The van der Waals surface area contributed by atoms with Crippen LogP contribution in [-0.4, -0.2) is 8.42 Å². The first-order chi connectivity index (χ1) is 10.6. The molecule has 0 aliphatic rings. The molecule has 0 N–H and O–H groups in total. The number of nitrogens with zero attached hydrogens (tertiary/aromatic N) is 1. The van der Waals surface area contributed by atoms with Crippen LogP contribution in [-0.2, 0) is 10.1 Å². The molecule has 0 saturated carbocycles. The number of hydrogen-bond donors (Lipinski definition) is 0. The number of hydrogen-bond acceptors (Lipinski definition) is 4. The van der Waals surface area contributed by atoms with Crippen molar-refractivity contribution in [1.82, 2.24) is 0 Å². The van der Waals surface area contributed by atoms with E-state index in [4.69, 9.17) is 9.44 Å². The topological polar surface area (TPSA) is 67.2 Å². The van der Waals surface area contributed by atoms with Gasteiger partial charge >= 0.3 is 10.1 Å². The van der Waals surface area contributed by atoms with Gasteiger partial charge in [0, 0.05) is 0 Å². The Bertz CT molecular complexity index is 971. The Kier molecular flexibility index (Phi) is 3.53. The van der Waals surface area contributed by atoms with E-state index in [9.17, 15) is 8.42 Å². The summed E-state index contributed by atoms with van der Waals surface area (Å²) in [5.74, 6) is 0.253. The smallest absolute Gasteiger partial charge is 0.339 e. The summed E-state index contributed by atoms with van der Waals surface area (Å²) >= 11 is 0. The van der Waals surface area contributed by atoms with Gasteiger partial charge in [0.15, 0.2) is 0 Å². The van der Waals surface area contributed by atoms with E-state index in [1.807, 2.05) is 30.3 Å². The van der Waals surface area contributed by atoms with Gasteiger partial charge < -0.3 is 4.18 Å². The molecule has 0 amide bonds.